The largest absolute Gasteiger partial charge is 0.376 e. The van der Waals surface area contributed by atoms with Crippen LogP contribution in [0.2, 0.25) is 0 Å². The first-order valence-electron chi connectivity index (χ1n) is 7.09. The second-order valence-corrected chi connectivity index (χ2v) is 7.54. The van der Waals surface area contributed by atoms with Gasteiger partial charge in [0.2, 0.25) is 10.0 Å². The molecule has 1 unspecified atom stereocenters. The van der Waals surface area contributed by atoms with E-state index >= 15 is 0 Å². The van der Waals surface area contributed by atoms with E-state index in [2.05, 4.69) is 17.0 Å². The molecule has 1 aromatic rings. The maximum atomic E-state index is 12.4. The van der Waals surface area contributed by atoms with Crippen LogP contribution in [0.25, 0.3) is 0 Å². The average Bonchev–Trinajstić information content (AvgIpc) is 2.96. The summed E-state index contributed by atoms with van der Waals surface area (Å²) in [6, 6.07) is 1.65. The van der Waals surface area contributed by atoms with E-state index in [1.54, 1.807) is 11.4 Å². The summed E-state index contributed by atoms with van der Waals surface area (Å²) in [5, 5.41) is 5.03. The predicted octanol–water partition coefficient (Wildman–Crippen LogP) is 0.941. The smallest absolute Gasteiger partial charge is 0.241 e. The summed E-state index contributed by atoms with van der Waals surface area (Å²) in [4.78, 5) is 1.18. The molecule has 2 N–H and O–H groups in total. The molecule has 0 spiro atoms. The Bertz CT molecular complexity index is 524. The Morgan fingerprint density at radius 1 is 1.43 bits per heavy atom. The van der Waals surface area contributed by atoms with E-state index in [1.165, 1.54) is 11.3 Å². The van der Waals surface area contributed by atoms with Crippen molar-refractivity contribution in [1.82, 2.24) is 10.0 Å². The summed E-state index contributed by atoms with van der Waals surface area (Å²) >= 11 is 1.45. The molecule has 1 aliphatic rings. The first-order chi connectivity index (χ1) is 10.1. The summed E-state index contributed by atoms with van der Waals surface area (Å²) < 4.78 is 38.0. The summed E-state index contributed by atoms with van der Waals surface area (Å²) in [5.41, 5.74) is 0. The molecule has 0 aromatic carbocycles. The Morgan fingerprint density at radius 3 is 3.00 bits per heavy atom. The van der Waals surface area contributed by atoms with Crippen LogP contribution in [-0.4, -0.2) is 47.4 Å². The lowest BCUT2D eigenvalue weighted by Crippen LogP contribution is -2.39. The molecular weight excluding hydrogens is 312 g/mol. The summed E-state index contributed by atoms with van der Waals surface area (Å²) in [5.74, 6) is 0. The Balaban J connectivity index is 1.93. The van der Waals surface area contributed by atoms with Crippen LogP contribution in [0.5, 0.6) is 0 Å². The van der Waals surface area contributed by atoms with E-state index in [0.717, 1.165) is 17.8 Å². The van der Waals surface area contributed by atoms with Crippen LogP contribution in [0, 0.1) is 0 Å². The molecular formula is C13H22N2O4S2. The van der Waals surface area contributed by atoms with Crippen LogP contribution >= 0.6 is 11.3 Å². The van der Waals surface area contributed by atoms with Crippen molar-refractivity contribution in [3.63, 3.8) is 0 Å². The Kier molecular flexibility index (Phi) is 6.59. The third-order valence-electron chi connectivity index (χ3n) is 3.09. The zero-order valence-electron chi connectivity index (χ0n) is 12.1. The van der Waals surface area contributed by atoms with Gasteiger partial charge in [-0.05, 0) is 24.4 Å². The zero-order valence-corrected chi connectivity index (χ0v) is 13.8. The van der Waals surface area contributed by atoms with Gasteiger partial charge < -0.3 is 14.8 Å². The van der Waals surface area contributed by atoms with Gasteiger partial charge in [0.05, 0.1) is 30.8 Å². The maximum absolute atomic E-state index is 12.4. The number of hydrogen-bond donors (Lipinski definition) is 2. The molecule has 0 bridgehead atoms. The van der Waals surface area contributed by atoms with Crippen molar-refractivity contribution >= 4 is 21.4 Å². The van der Waals surface area contributed by atoms with Gasteiger partial charge in [-0.25, -0.2) is 13.1 Å². The quantitative estimate of drug-likeness (QED) is 0.692. The summed E-state index contributed by atoms with van der Waals surface area (Å²) in [7, 11) is -3.50. The molecule has 1 fully saturated rings. The van der Waals surface area contributed by atoms with Crippen molar-refractivity contribution in [3.8, 4) is 0 Å². The maximum Gasteiger partial charge on any atom is 0.241 e. The van der Waals surface area contributed by atoms with E-state index in [1.807, 2.05) is 0 Å². The van der Waals surface area contributed by atoms with Crippen molar-refractivity contribution in [3.05, 3.63) is 16.3 Å². The molecule has 2 rings (SSSR count). The predicted molar refractivity (Wildman–Crippen MR) is 82.1 cm³/mol. The van der Waals surface area contributed by atoms with Gasteiger partial charge in [0, 0.05) is 18.0 Å². The average molecular weight is 334 g/mol. The highest BCUT2D eigenvalue weighted by Gasteiger charge is 2.22. The fourth-order valence-electron chi connectivity index (χ4n) is 2.01. The molecule has 0 amide bonds. The molecule has 1 saturated heterocycles. The van der Waals surface area contributed by atoms with Crippen LogP contribution < -0.4 is 10.0 Å². The SMILES string of the molecule is CCCNCc1sccc1S(=O)(=O)NCC1COCCO1. The topological polar surface area (TPSA) is 76.7 Å². The lowest BCUT2D eigenvalue weighted by Gasteiger charge is -2.23. The number of sulfonamides is 1. The minimum atomic E-state index is -3.50. The van der Waals surface area contributed by atoms with Crippen molar-refractivity contribution < 1.29 is 17.9 Å². The Hall–Kier alpha value is -0.510. The fraction of sp³-hybridized carbons (Fsp3) is 0.692. The third-order valence-corrected chi connectivity index (χ3v) is 5.65. The van der Waals surface area contributed by atoms with E-state index in [9.17, 15) is 8.42 Å². The number of hydrogen-bond acceptors (Lipinski definition) is 6. The first-order valence-corrected chi connectivity index (χ1v) is 9.46. The standard InChI is InChI=1S/C13H22N2O4S2/c1-2-4-14-9-12-13(3-7-20-12)21(16,17)15-8-11-10-18-5-6-19-11/h3,7,11,14-15H,2,4-6,8-10H2,1H3. The Labute approximate surface area is 129 Å². The molecule has 1 atom stereocenters. The highest BCUT2D eigenvalue weighted by atomic mass is 32.2. The lowest BCUT2D eigenvalue weighted by molar-refractivity contribution is -0.0846. The van der Waals surface area contributed by atoms with Gasteiger partial charge in [-0.15, -0.1) is 11.3 Å². The normalized spacial score (nSPS) is 19.8. The lowest BCUT2D eigenvalue weighted by atomic mass is 10.3. The minimum absolute atomic E-state index is 0.214. The second-order valence-electron chi connectivity index (χ2n) is 4.80. The van der Waals surface area contributed by atoms with Gasteiger partial charge in [-0.1, -0.05) is 6.92 Å². The van der Waals surface area contributed by atoms with Crippen LogP contribution in [0.3, 0.4) is 0 Å². The van der Waals surface area contributed by atoms with Crippen LogP contribution in [0.15, 0.2) is 16.3 Å². The molecule has 0 aliphatic carbocycles. The number of rotatable bonds is 8. The van der Waals surface area contributed by atoms with Crippen LogP contribution in [0.4, 0.5) is 0 Å². The van der Waals surface area contributed by atoms with Crippen LogP contribution in [0.1, 0.15) is 18.2 Å². The molecule has 2 heterocycles. The van der Waals surface area contributed by atoms with Crippen molar-refractivity contribution in [1.29, 1.82) is 0 Å². The molecule has 0 radical (unpaired) electrons. The molecule has 1 aliphatic heterocycles. The number of thiophene rings is 1. The minimum Gasteiger partial charge on any atom is -0.376 e. The monoisotopic (exact) mass is 334 g/mol. The van der Waals surface area contributed by atoms with Crippen LogP contribution in [-0.2, 0) is 26.0 Å². The fourth-order valence-corrected chi connectivity index (χ4v) is 4.49. The van der Waals surface area contributed by atoms with E-state index < -0.39 is 10.0 Å². The molecule has 0 saturated carbocycles. The Morgan fingerprint density at radius 2 is 2.29 bits per heavy atom. The first kappa shape index (κ1) is 16.9. The highest BCUT2D eigenvalue weighted by Crippen LogP contribution is 2.21. The van der Waals surface area contributed by atoms with E-state index in [-0.39, 0.29) is 12.6 Å². The molecule has 1 aromatic heterocycles. The van der Waals surface area contributed by atoms with E-state index in [0.29, 0.717) is 31.3 Å². The zero-order chi connectivity index (χ0) is 15.1. The highest BCUT2D eigenvalue weighted by molar-refractivity contribution is 7.89. The van der Waals surface area contributed by atoms with Gasteiger partial charge in [0.1, 0.15) is 0 Å². The van der Waals surface area contributed by atoms with E-state index in [4.69, 9.17) is 9.47 Å². The molecule has 21 heavy (non-hydrogen) atoms. The number of nitrogens with one attached hydrogen (secondary N) is 2. The van der Waals surface area contributed by atoms with Gasteiger partial charge >= 0.3 is 0 Å². The molecule has 8 heteroatoms. The third kappa shape index (κ3) is 5.01. The van der Waals surface area contributed by atoms with Gasteiger partial charge in [0.25, 0.3) is 0 Å². The van der Waals surface area contributed by atoms with Gasteiger partial charge in [-0.3, -0.25) is 0 Å². The second kappa shape index (κ2) is 8.21. The van der Waals surface area contributed by atoms with Gasteiger partial charge in [-0.2, -0.15) is 0 Å². The van der Waals surface area contributed by atoms with Gasteiger partial charge in [0.15, 0.2) is 0 Å². The number of ether oxygens (including phenoxy) is 2. The summed E-state index contributed by atoms with van der Waals surface area (Å²) in [6.07, 6.45) is 0.805. The van der Waals surface area contributed by atoms with Crippen molar-refractivity contribution in [2.24, 2.45) is 0 Å². The van der Waals surface area contributed by atoms with Crippen molar-refractivity contribution in [2.75, 3.05) is 32.9 Å². The summed E-state index contributed by atoms with van der Waals surface area (Å²) in [6.45, 7) is 5.27. The molecule has 6 nitrogen and oxygen atoms in total. The molecule has 120 valence electrons. The van der Waals surface area contributed by atoms with Crippen molar-refractivity contribution in [2.45, 2.75) is 30.9 Å².